The summed E-state index contributed by atoms with van der Waals surface area (Å²) >= 11 is 0. The molecule has 2 heteroatoms. The molecule has 0 saturated carbocycles. The van der Waals surface area contributed by atoms with Gasteiger partial charge in [-0.1, -0.05) is 42.3 Å². The van der Waals surface area contributed by atoms with Gasteiger partial charge in [0.15, 0.2) is 0 Å². The molecule has 110 valence electrons. The molecule has 1 aliphatic carbocycles. The number of imidazole rings is 1. The lowest BCUT2D eigenvalue weighted by Gasteiger charge is -2.15. The van der Waals surface area contributed by atoms with Gasteiger partial charge in [-0.25, -0.2) is 4.98 Å². The Morgan fingerprint density at radius 2 is 1.87 bits per heavy atom. The van der Waals surface area contributed by atoms with Crippen LogP contribution in [0.2, 0.25) is 0 Å². The van der Waals surface area contributed by atoms with Crippen LogP contribution in [0.5, 0.6) is 0 Å². The van der Waals surface area contributed by atoms with E-state index in [0.717, 1.165) is 40.8 Å². The van der Waals surface area contributed by atoms with E-state index in [9.17, 15) is 0 Å². The molecule has 0 bridgehead atoms. The summed E-state index contributed by atoms with van der Waals surface area (Å²) in [6.45, 7) is 0. The number of hydrogen-bond donors (Lipinski definition) is 0. The molecule has 0 atom stereocenters. The van der Waals surface area contributed by atoms with Gasteiger partial charge >= 0.3 is 0 Å². The standard InChI is InChI=1S/C21H16N2/c1-2-16-12-14-17(15-13-16)21-22-19-10-6-7-11-20(19)23(21)18-8-4-3-5-9-18/h1,3-4,6-8,10-15H,5,9H2. The molecule has 2 nitrogen and oxygen atoms in total. The normalized spacial score (nSPS) is 13.8. The van der Waals surface area contributed by atoms with E-state index in [-0.39, 0.29) is 0 Å². The van der Waals surface area contributed by atoms with Crippen molar-refractivity contribution in [3.8, 4) is 23.7 Å². The molecule has 1 heterocycles. The fraction of sp³-hybridized carbons (Fsp3) is 0.0952. The minimum absolute atomic E-state index is 0.885. The van der Waals surface area contributed by atoms with Gasteiger partial charge in [0.1, 0.15) is 5.82 Å². The summed E-state index contributed by atoms with van der Waals surface area (Å²) < 4.78 is 2.27. The zero-order chi connectivity index (χ0) is 15.6. The van der Waals surface area contributed by atoms with Gasteiger partial charge < -0.3 is 0 Å². The van der Waals surface area contributed by atoms with Crippen molar-refractivity contribution in [2.24, 2.45) is 0 Å². The summed E-state index contributed by atoms with van der Waals surface area (Å²) in [5.74, 6) is 3.63. The second-order valence-electron chi connectivity index (χ2n) is 5.61. The van der Waals surface area contributed by atoms with E-state index in [4.69, 9.17) is 11.4 Å². The predicted octanol–water partition coefficient (Wildman–Crippen LogP) is 4.88. The maximum Gasteiger partial charge on any atom is 0.145 e. The summed E-state index contributed by atoms with van der Waals surface area (Å²) in [7, 11) is 0. The van der Waals surface area contributed by atoms with Crippen molar-refractivity contribution in [1.82, 2.24) is 9.55 Å². The lowest BCUT2D eigenvalue weighted by Crippen LogP contribution is -2.01. The Bertz CT molecular complexity index is 963. The fourth-order valence-corrected chi connectivity index (χ4v) is 3.00. The van der Waals surface area contributed by atoms with Gasteiger partial charge in [-0.05, 0) is 43.2 Å². The number of fused-ring (bicyclic) bond motifs is 1. The number of aromatic nitrogens is 2. The number of nitrogens with zero attached hydrogens (tertiary/aromatic N) is 2. The second-order valence-corrected chi connectivity index (χ2v) is 5.61. The van der Waals surface area contributed by atoms with E-state index in [0.29, 0.717) is 0 Å². The lowest BCUT2D eigenvalue weighted by atomic mass is 10.1. The molecular weight excluding hydrogens is 280 g/mol. The minimum Gasteiger partial charge on any atom is -0.296 e. The Morgan fingerprint density at radius 3 is 2.61 bits per heavy atom. The number of para-hydroxylation sites is 2. The molecule has 0 fully saturated rings. The van der Waals surface area contributed by atoms with Crippen molar-refractivity contribution < 1.29 is 0 Å². The van der Waals surface area contributed by atoms with Crippen LogP contribution in [0.15, 0.2) is 66.8 Å². The van der Waals surface area contributed by atoms with Gasteiger partial charge in [0.25, 0.3) is 0 Å². The molecule has 4 rings (SSSR count). The SMILES string of the molecule is C#Cc1ccc(-c2nc3ccccc3n2C2=CC=CCC2)cc1. The van der Waals surface area contributed by atoms with Crippen molar-refractivity contribution in [1.29, 1.82) is 0 Å². The van der Waals surface area contributed by atoms with Crippen LogP contribution in [-0.4, -0.2) is 9.55 Å². The Hall–Kier alpha value is -3.05. The maximum atomic E-state index is 5.46. The van der Waals surface area contributed by atoms with Crippen LogP contribution in [0.1, 0.15) is 18.4 Å². The van der Waals surface area contributed by atoms with Gasteiger partial charge in [-0.3, -0.25) is 4.57 Å². The topological polar surface area (TPSA) is 17.8 Å². The first-order valence-electron chi connectivity index (χ1n) is 7.77. The van der Waals surface area contributed by atoms with Gasteiger partial charge in [0, 0.05) is 16.8 Å². The molecule has 0 radical (unpaired) electrons. The zero-order valence-electron chi connectivity index (χ0n) is 12.7. The highest BCUT2D eigenvalue weighted by molar-refractivity contribution is 5.85. The fourth-order valence-electron chi connectivity index (χ4n) is 3.00. The minimum atomic E-state index is 0.885. The van der Waals surface area contributed by atoms with Crippen LogP contribution in [-0.2, 0) is 0 Å². The molecule has 3 aromatic rings. The summed E-state index contributed by atoms with van der Waals surface area (Å²) in [4.78, 5) is 4.86. The Labute approximate surface area is 135 Å². The van der Waals surface area contributed by atoms with Crippen molar-refractivity contribution in [3.63, 3.8) is 0 Å². The molecule has 0 N–H and O–H groups in total. The van der Waals surface area contributed by atoms with Gasteiger partial charge in [-0.2, -0.15) is 0 Å². The molecule has 0 saturated heterocycles. The van der Waals surface area contributed by atoms with Crippen LogP contribution in [0.3, 0.4) is 0 Å². The predicted molar refractivity (Wildman–Crippen MR) is 95.8 cm³/mol. The summed E-state index contributed by atoms with van der Waals surface area (Å²) in [6.07, 6.45) is 14.0. The van der Waals surface area contributed by atoms with Crippen LogP contribution >= 0.6 is 0 Å². The van der Waals surface area contributed by atoms with E-state index in [1.165, 1.54) is 5.70 Å². The van der Waals surface area contributed by atoms with Gasteiger partial charge in [0.2, 0.25) is 0 Å². The molecule has 0 unspecified atom stereocenters. The number of hydrogen-bond acceptors (Lipinski definition) is 1. The third-order valence-electron chi connectivity index (χ3n) is 4.15. The number of allylic oxidation sites excluding steroid dienone is 4. The third-order valence-corrected chi connectivity index (χ3v) is 4.15. The third kappa shape index (κ3) is 2.37. The largest absolute Gasteiger partial charge is 0.296 e. The van der Waals surface area contributed by atoms with Crippen LogP contribution in [0, 0.1) is 12.3 Å². The summed E-state index contributed by atoms with van der Waals surface area (Å²) in [6, 6.07) is 16.3. The van der Waals surface area contributed by atoms with E-state index < -0.39 is 0 Å². The Kier molecular flexibility index (Phi) is 3.33. The number of rotatable bonds is 2. The van der Waals surface area contributed by atoms with Crippen molar-refractivity contribution >= 4 is 16.7 Å². The molecule has 1 aliphatic rings. The van der Waals surface area contributed by atoms with Gasteiger partial charge in [0.05, 0.1) is 11.0 Å². The average molecular weight is 296 g/mol. The molecule has 23 heavy (non-hydrogen) atoms. The highest BCUT2D eigenvalue weighted by Crippen LogP contribution is 2.31. The maximum absolute atomic E-state index is 5.46. The second kappa shape index (κ2) is 5.62. The van der Waals surface area contributed by atoms with E-state index >= 15 is 0 Å². The first-order valence-corrected chi connectivity index (χ1v) is 7.77. The summed E-state index contributed by atoms with van der Waals surface area (Å²) in [5, 5.41) is 0. The molecule has 0 spiro atoms. The molecule has 2 aromatic carbocycles. The summed E-state index contributed by atoms with van der Waals surface area (Å²) in [5.41, 5.74) is 5.40. The Balaban J connectivity index is 1.96. The highest BCUT2D eigenvalue weighted by atomic mass is 15.1. The Morgan fingerprint density at radius 1 is 1.04 bits per heavy atom. The zero-order valence-corrected chi connectivity index (χ0v) is 12.7. The first kappa shape index (κ1) is 13.6. The lowest BCUT2D eigenvalue weighted by molar-refractivity contribution is 0.960. The average Bonchev–Trinajstić information content (AvgIpc) is 3.02. The smallest absolute Gasteiger partial charge is 0.145 e. The van der Waals surface area contributed by atoms with Crippen molar-refractivity contribution in [2.45, 2.75) is 12.8 Å². The van der Waals surface area contributed by atoms with E-state index in [1.807, 2.05) is 30.3 Å². The number of benzene rings is 2. The van der Waals surface area contributed by atoms with Gasteiger partial charge in [-0.15, -0.1) is 6.42 Å². The van der Waals surface area contributed by atoms with Crippen molar-refractivity contribution in [3.05, 3.63) is 72.3 Å². The van der Waals surface area contributed by atoms with Crippen LogP contribution in [0.25, 0.3) is 28.1 Å². The number of terminal acetylenes is 1. The molecular formula is C21H16N2. The monoisotopic (exact) mass is 296 g/mol. The highest BCUT2D eigenvalue weighted by Gasteiger charge is 2.15. The van der Waals surface area contributed by atoms with Crippen LogP contribution < -0.4 is 0 Å². The molecule has 0 amide bonds. The first-order chi connectivity index (χ1) is 11.4. The quantitative estimate of drug-likeness (QED) is 0.617. The van der Waals surface area contributed by atoms with E-state index in [1.54, 1.807) is 0 Å². The molecule has 1 aromatic heterocycles. The van der Waals surface area contributed by atoms with Crippen molar-refractivity contribution in [2.75, 3.05) is 0 Å². The van der Waals surface area contributed by atoms with E-state index in [2.05, 4.69) is 46.9 Å². The van der Waals surface area contributed by atoms with Crippen LogP contribution in [0.4, 0.5) is 0 Å². The molecule has 0 aliphatic heterocycles.